The van der Waals surface area contributed by atoms with Crippen LogP contribution in [-0.2, 0) is 22.8 Å². The van der Waals surface area contributed by atoms with Crippen molar-refractivity contribution in [3.8, 4) is 6.07 Å². The molecular weight excluding hydrogens is 486 g/mol. The number of amides is 1. The zero-order valence-corrected chi connectivity index (χ0v) is 22.8. The van der Waals surface area contributed by atoms with Crippen molar-refractivity contribution in [3.63, 3.8) is 0 Å². The number of nitriles is 1. The van der Waals surface area contributed by atoms with Crippen molar-refractivity contribution < 1.29 is 14.3 Å². The van der Waals surface area contributed by atoms with Crippen LogP contribution >= 0.6 is 0 Å². The van der Waals surface area contributed by atoms with Gasteiger partial charge in [-0.25, -0.2) is 20.6 Å². The van der Waals surface area contributed by atoms with Gasteiger partial charge in [0.1, 0.15) is 31.4 Å². The first-order valence-electron chi connectivity index (χ1n) is 12.6. The van der Waals surface area contributed by atoms with E-state index in [4.69, 9.17) is 15.3 Å². The fourth-order valence-corrected chi connectivity index (χ4v) is 5.09. The molecule has 0 saturated carbocycles. The molecule has 37 heavy (non-hydrogen) atoms. The predicted molar refractivity (Wildman–Crippen MR) is 144 cm³/mol. The number of hydrazine groups is 1. The van der Waals surface area contributed by atoms with Crippen LogP contribution in [0.3, 0.4) is 0 Å². The maximum Gasteiger partial charge on any atom is 0.410 e. The lowest BCUT2D eigenvalue weighted by Gasteiger charge is -2.36. The Hall–Kier alpha value is -3.46. The van der Waals surface area contributed by atoms with Gasteiger partial charge in [-0.15, -0.1) is 0 Å². The van der Waals surface area contributed by atoms with E-state index in [-0.39, 0.29) is 18.7 Å². The van der Waals surface area contributed by atoms with E-state index in [1.54, 1.807) is 16.1 Å². The van der Waals surface area contributed by atoms with Gasteiger partial charge in [-0.3, -0.25) is 5.01 Å². The number of rotatable bonds is 9. The number of likely N-dealkylation sites (tertiary alicyclic amines) is 1. The van der Waals surface area contributed by atoms with Gasteiger partial charge in [-0.05, 0) is 24.4 Å². The molecule has 1 saturated heterocycles. The molecule has 1 amide bonds. The quantitative estimate of drug-likeness (QED) is 0.193. The summed E-state index contributed by atoms with van der Waals surface area (Å²) in [5.41, 5.74) is 2.03. The SMILES string of the molecule is C[Si](C)(C)CCOCn1cc(C#N)c2c(N(N)C3CCN(C(=O)OCc4ccccc4)CC3)ncnc21. The summed E-state index contributed by atoms with van der Waals surface area (Å²) in [6.07, 6.45) is 4.20. The maximum absolute atomic E-state index is 12.5. The van der Waals surface area contributed by atoms with Crippen molar-refractivity contribution in [3.05, 3.63) is 54.0 Å². The minimum Gasteiger partial charge on any atom is -0.445 e. The number of carbonyl (C=O) groups is 1. The Morgan fingerprint density at radius 1 is 1.22 bits per heavy atom. The van der Waals surface area contributed by atoms with E-state index in [9.17, 15) is 10.1 Å². The third-order valence-electron chi connectivity index (χ3n) is 6.55. The molecule has 3 heterocycles. The summed E-state index contributed by atoms with van der Waals surface area (Å²) in [6.45, 7) is 9.21. The lowest BCUT2D eigenvalue weighted by Crippen LogP contribution is -2.50. The normalized spacial score (nSPS) is 14.5. The van der Waals surface area contributed by atoms with Crippen LogP contribution in [0.15, 0.2) is 42.9 Å². The number of fused-ring (bicyclic) bond motifs is 1. The van der Waals surface area contributed by atoms with Gasteiger partial charge in [-0.2, -0.15) is 5.26 Å². The highest BCUT2D eigenvalue weighted by Gasteiger charge is 2.29. The van der Waals surface area contributed by atoms with E-state index in [1.165, 1.54) is 6.33 Å². The Morgan fingerprint density at radius 2 is 1.95 bits per heavy atom. The largest absolute Gasteiger partial charge is 0.445 e. The Bertz CT molecular complexity index is 1240. The first-order chi connectivity index (χ1) is 17.8. The fraction of sp³-hybridized carbons (Fsp3) is 0.462. The van der Waals surface area contributed by atoms with Crippen molar-refractivity contribution in [2.24, 2.45) is 5.84 Å². The van der Waals surface area contributed by atoms with E-state index in [2.05, 4.69) is 35.7 Å². The van der Waals surface area contributed by atoms with Gasteiger partial charge in [0.05, 0.1) is 17.0 Å². The minimum atomic E-state index is -1.19. The topological polar surface area (TPSA) is 123 Å². The van der Waals surface area contributed by atoms with E-state index < -0.39 is 8.07 Å². The van der Waals surface area contributed by atoms with Crippen molar-refractivity contribution in [2.75, 3.05) is 24.7 Å². The molecule has 1 aromatic carbocycles. The van der Waals surface area contributed by atoms with E-state index in [0.29, 0.717) is 61.7 Å². The van der Waals surface area contributed by atoms with Gasteiger partial charge < -0.3 is 18.9 Å². The Balaban J connectivity index is 1.39. The van der Waals surface area contributed by atoms with Crippen LogP contribution in [0.2, 0.25) is 25.7 Å². The molecule has 2 aromatic heterocycles. The second kappa shape index (κ2) is 11.7. The summed E-state index contributed by atoms with van der Waals surface area (Å²) in [7, 11) is -1.19. The number of anilines is 1. The predicted octanol–water partition coefficient (Wildman–Crippen LogP) is 4.10. The molecule has 2 N–H and O–H groups in total. The molecule has 0 aliphatic carbocycles. The minimum absolute atomic E-state index is 0.0424. The highest BCUT2D eigenvalue weighted by Crippen LogP contribution is 2.30. The summed E-state index contributed by atoms with van der Waals surface area (Å²) in [6, 6.07) is 12.9. The molecule has 0 atom stereocenters. The van der Waals surface area contributed by atoms with E-state index in [1.807, 2.05) is 34.9 Å². The summed E-state index contributed by atoms with van der Waals surface area (Å²) in [5.74, 6) is 7.06. The molecule has 0 unspecified atom stereocenters. The third kappa shape index (κ3) is 6.65. The first-order valence-corrected chi connectivity index (χ1v) is 16.3. The molecule has 3 aromatic rings. The van der Waals surface area contributed by atoms with Crippen LogP contribution in [0.5, 0.6) is 0 Å². The smallest absolute Gasteiger partial charge is 0.410 e. The monoisotopic (exact) mass is 521 g/mol. The molecule has 1 fully saturated rings. The summed E-state index contributed by atoms with van der Waals surface area (Å²) < 4.78 is 13.2. The molecule has 10 nitrogen and oxygen atoms in total. The average Bonchev–Trinajstić information content (AvgIpc) is 3.27. The van der Waals surface area contributed by atoms with Crippen LogP contribution in [0.1, 0.15) is 24.0 Å². The van der Waals surface area contributed by atoms with Gasteiger partial charge >= 0.3 is 6.09 Å². The Labute approximate surface area is 218 Å². The molecule has 0 spiro atoms. The second-order valence-corrected chi connectivity index (χ2v) is 16.2. The number of aromatic nitrogens is 3. The number of benzene rings is 1. The van der Waals surface area contributed by atoms with Crippen LogP contribution in [0, 0.1) is 11.3 Å². The van der Waals surface area contributed by atoms with Gasteiger partial charge in [-0.1, -0.05) is 50.0 Å². The summed E-state index contributed by atoms with van der Waals surface area (Å²) in [4.78, 5) is 23.1. The number of piperidine rings is 1. The number of nitrogens with zero attached hydrogens (tertiary/aromatic N) is 6. The number of carbonyl (C=O) groups excluding carboxylic acids is 1. The summed E-state index contributed by atoms with van der Waals surface area (Å²) in [5, 5.41) is 12.0. The molecule has 1 aliphatic rings. The van der Waals surface area contributed by atoms with Gasteiger partial charge in [0.15, 0.2) is 5.82 Å². The highest BCUT2D eigenvalue weighted by atomic mass is 28.3. The molecule has 1 aliphatic heterocycles. The standard InChI is InChI=1S/C26H35N7O3Si/c1-37(2,3)14-13-35-19-32-16-21(15-27)23-24(32)29-18-30-25(23)33(28)22-9-11-31(12-10-22)26(34)36-17-20-7-5-4-6-8-20/h4-8,16,18,22H,9-14,17,19,28H2,1-3H3. The van der Waals surface area contributed by atoms with Crippen LogP contribution in [0.4, 0.5) is 10.6 Å². The van der Waals surface area contributed by atoms with Crippen molar-refractivity contribution in [1.82, 2.24) is 19.4 Å². The number of nitrogens with two attached hydrogens (primary N) is 1. The zero-order valence-electron chi connectivity index (χ0n) is 21.8. The Morgan fingerprint density at radius 3 is 2.62 bits per heavy atom. The number of hydrogen-bond donors (Lipinski definition) is 1. The molecule has 0 radical (unpaired) electrons. The zero-order chi connectivity index (χ0) is 26.4. The number of hydrogen-bond acceptors (Lipinski definition) is 8. The van der Waals surface area contributed by atoms with Crippen molar-refractivity contribution >= 4 is 31.0 Å². The molecule has 11 heteroatoms. The van der Waals surface area contributed by atoms with Crippen molar-refractivity contribution in [1.29, 1.82) is 5.26 Å². The Kier molecular flexibility index (Phi) is 8.43. The van der Waals surface area contributed by atoms with E-state index in [0.717, 1.165) is 11.6 Å². The van der Waals surface area contributed by atoms with Gasteiger partial charge in [0, 0.05) is 34.0 Å². The maximum atomic E-state index is 12.5. The lowest BCUT2D eigenvalue weighted by atomic mass is 10.0. The number of ether oxygens (including phenoxy) is 2. The van der Waals surface area contributed by atoms with Crippen LogP contribution < -0.4 is 10.9 Å². The van der Waals surface area contributed by atoms with Crippen molar-refractivity contribution in [2.45, 2.75) is 57.9 Å². The van der Waals surface area contributed by atoms with Gasteiger partial charge in [0.25, 0.3) is 0 Å². The third-order valence-corrected chi connectivity index (χ3v) is 8.25. The van der Waals surface area contributed by atoms with Crippen LogP contribution in [0.25, 0.3) is 11.0 Å². The molecule has 196 valence electrons. The lowest BCUT2D eigenvalue weighted by molar-refractivity contribution is 0.0868. The first kappa shape index (κ1) is 26.6. The van der Waals surface area contributed by atoms with Crippen LogP contribution in [-0.4, -0.2) is 59.3 Å². The highest BCUT2D eigenvalue weighted by molar-refractivity contribution is 6.76. The molecule has 0 bridgehead atoms. The summed E-state index contributed by atoms with van der Waals surface area (Å²) >= 11 is 0. The molecular formula is C26H35N7O3Si. The molecule has 4 rings (SSSR count). The second-order valence-electron chi connectivity index (χ2n) is 10.5. The van der Waals surface area contributed by atoms with E-state index >= 15 is 0 Å². The van der Waals surface area contributed by atoms with Gasteiger partial charge in [0.2, 0.25) is 0 Å². The average molecular weight is 522 g/mol. The fourth-order valence-electron chi connectivity index (χ4n) is 4.34.